The van der Waals surface area contributed by atoms with E-state index in [1.54, 1.807) is 7.11 Å². The zero-order valence-electron chi connectivity index (χ0n) is 19.9. The molecule has 1 N–H and O–H groups in total. The second kappa shape index (κ2) is 10.6. The van der Waals surface area contributed by atoms with Gasteiger partial charge in [-0.05, 0) is 46.9 Å². The predicted octanol–water partition coefficient (Wildman–Crippen LogP) is 5.70. The molecule has 0 spiro atoms. The van der Waals surface area contributed by atoms with Crippen molar-refractivity contribution in [3.63, 3.8) is 0 Å². The van der Waals surface area contributed by atoms with Crippen molar-refractivity contribution >= 4 is 24.2 Å². The highest BCUT2D eigenvalue weighted by molar-refractivity contribution is 7.84. The van der Waals surface area contributed by atoms with E-state index in [0.29, 0.717) is 29.1 Å². The van der Waals surface area contributed by atoms with E-state index in [-0.39, 0.29) is 5.57 Å². The lowest BCUT2D eigenvalue weighted by molar-refractivity contribution is -0.118. The largest absolute Gasteiger partial charge is 0.493 e. The molecule has 6 nitrogen and oxygen atoms in total. The van der Waals surface area contributed by atoms with Gasteiger partial charge in [-0.1, -0.05) is 62.4 Å². The van der Waals surface area contributed by atoms with Gasteiger partial charge in [-0.25, -0.2) is 0 Å². The first-order valence-corrected chi connectivity index (χ1v) is 11.8. The van der Waals surface area contributed by atoms with Crippen molar-refractivity contribution in [3.05, 3.63) is 100 Å². The SMILES string of the molecule is COc1cc(C2NC(=O)C(C#N)=C(S)N2c2ccc(C(C)C)cc2)ccc1OCc1ccccc1. The Labute approximate surface area is 211 Å². The molecule has 1 unspecified atom stereocenters. The summed E-state index contributed by atoms with van der Waals surface area (Å²) in [6.45, 7) is 4.66. The molecule has 1 aliphatic rings. The lowest BCUT2D eigenvalue weighted by Crippen LogP contribution is -2.46. The molecule has 0 aliphatic carbocycles. The third-order valence-corrected chi connectivity index (χ3v) is 6.33. The van der Waals surface area contributed by atoms with Crippen LogP contribution in [0.3, 0.4) is 0 Å². The minimum atomic E-state index is -0.589. The zero-order chi connectivity index (χ0) is 24.9. The van der Waals surface area contributed by atoms with Crippen molar-refractivity contribution in [2.24, 2.45) is 0 Å². The molecule has 35 heavy (non-hydrogen) atoms. The summed E-state index contributed by atoms with van der Waals surface area (Å²) in [4.78, 5) is 14.5. The quantitative estimate of drug-likeness (QED) is 0.420. The molecule has 1 atom stereocenters. The molecule has 0 saturated heterocycles. The van der Waals surface area contributed by atoms with E-state index in [0.717, 1.165) is 16.8 Å². The van der Waals surface area contributed by atoms with E-state index < -0.39 is 12.1 Å². The molecule has 1 amide bonds. The highest BCUT2D eigenvalue weighted by atomic mass is 32.1. The van der Waals surface area contributed by atoms with Gasteiger partial charge in [0.25, 0.3) is 5.91 Å². The van der Waals surface area contributed by atoms with E-state index in [1.165, 1.54) is 5.56 Å². The van der Waals surface area contributed by atoms with Gasteiger partial charge in [0.05, 0.1) is 12.1 Å². The minimum Gasteiger partial charge on any atom is -0.493 e. The molecule has 1 aliphatic heterocycles. The van der Waals surface area contributed by atoms with E-state index in [9.17, 15) is 10.1 Å². The summed E-state index contributed by atoms with van der Waals surface area (Å²) in [7, 11) is 1.58. The number of amides is 1. The van der Waals surface area contributed by atoms with Crippen molar-refractivity contribution in [3.8, 4) is 17.6 Å². The number of carbonyl (C=O) groups excluding carboxylic acids is 1. The van der Waals surface area contributed by atoms with Crippen molar-refractivity contribution in [1.29, 1.82) is 5.26 Å². The van der Waals surface area contributed by atoms with Gasteiger partial charge in [0, 0.05) is 5.69 Å². The van der Waals surface area contributed by atoms with Crippen LogP contribution in [0.15, 0.2) is 83.4 Å². The van der Waals surface area contributed by atoms with Crippen LogP contribution in [0.2, 0.25) is 0 Å². The van der Waals surface area contributed by atoms with Gasteiger partial charge < -0.3 is 19.7 Å². The standard InChI is InChI=1S/C28H27N3O3S/c1-18(2)20-9-12-22(13-10-20)31-26(30-27(32)23(16-29)28(31)35)21-11-14-24(25(15-21)33-3)34-17-19-7-5-4-6-8-19/h4-15,18,26,35H,17H2,1-3H3,(H,30,32). The zero-order valence-corrected chi connectivity index (χ0v) is 20.8. The van der Waals surface area contributed by atoms with Crippen LogP contribution in [0, 0.1) is 11.3 Å². The highest BCUT2D eigenvalue weighted by Gasteiger charge is 2.34. The number of methoxy groups -OCH3 is 1. The second-order valence-corrected chi connectivity index (χ2v) is 8.91. The van der Waals surface area contributed by atoms with E-state index in [1.807, 2.05) is 83.8 Å². The molecule has 0 bridgehead atoms. The van der Waals surface area contributed by atoms with Crippen LogP contribution < -0.4 is 19.7 Å². The monoisotopic (exact) mass is 485 g/mol. The Morgan fingerprint density at radius 3 is 2.40 bits per heavy atom. The third kappa shape index (κ3) is 5.13. The number of rotatable bonds is 7. The maximum atomic E-state index is 12.7. The number of carbonyl (C=O) groups is 1. The maximum Gasteiger partial charge on any atom is 0.266 e. The molecular weight excluding hydrogens is 458 g/mol. The van der Waals surface area contributed by atoms with Crippen molar-refractivity contribution < 1.29 is 14.3 Å². The number of thiol groups is 1. The van der Waals surface area contributed by atoms with Gasteiger partial charge >= 0.3 is 0 Å². The molecule has 1 heterocycles. The fourth-order valence-electron chi connectivity index (χ4n) is 3.94. The van der Waals surface area contributed by atoms with Crippen LogP contribution in [-0.4, -0.2) is 13.0 Å². The highest BCUT2D eigenvalue weighted by Crippen LogP contribution is 2.39. The summed E-state index contributed by atoms with van der Waals surface area (Å²) in [5.74, 6) is 1.04. The smallest absolute Gasteiger partial charge is 0.266 e. The van der Waals surface area contributed by atoms with Crippen LogP contribution in [0.5, 0.6) is 11.5 Å². The Kier molecular flexibility index (Phi) is 7.33. The van der Waals surface area contributed by atoms with Crippen molar-refractivity contribution in [2.75, 3.05) is 12.0 Å². The average Bonchev–Trinajstić information content (AvgIpc) is 2.88. The van der Waals surface area contributed by atoms with Crippen LogP contribution >= 0.6 is 12.6 Å². The summed E-state index contributed by atoms with van der Waals surface area (Å²) in [5, 5.41) is 12.8. The Morgan fingerprint density at radius 2 is 1.77 bits per heavy atom. The minimum absolute atomic E-state index is 0.0349. The number of benzene rings is 3. The summed E-state index contributed by atoms with van der Waals surface area (Å²) < 4.78 is 11.6. The van der Waals surface area contributed by atoms with Gasteiger partial charge in [0.1, 0.15) is 24.4 Å². The lowest BCUT2D eigenvalue weighted by Gasteiger charge is -2.38. The molecule has 0 saturated carbocycles. The first kappa shape index (κ1) is 24.2. The summed E-state index contributed by atoms with van der Waals surface area (Å²) in [6.07, 6.45) is -0.589. The number of nitriles is 1. The number of nitrogens with one attached hydrogen (secondary N) is 1. The summed E-state index contributed by atoms with van der Waals surface area (Å²) in [5.41, 5.74) is 3.77. The Balaban J connectivity index is 1.69. The third-order valence-electron chi connectivity index (χ3n) is 5.90. The van der Waals surface area contributed by atoms with Crippen LogP contribution in [0.4, 0.5) is 5.69 Å². The molecular formula is C28H27N3O3S. The fourth-order valence-corrected chi connectivity index (χ4v) is 4.32. The lowest BCUT2D eigenvalue weighted by atomic mass is 10.0. The fraction of sp³-hybridized carbons (Fsp3) is 0.214. The summed E-state index contributed by atoms with van der Waals surface area (Å²) >= 11 is 4.59. The van der Waals surface area contributed by atoms with Crippen LogP contribution in [0.1, 0.15) is 42.6 Å². The average molecular weight is 486 g/mol. The van der Waals surface area contributed by atoms with E-state index in [4.69, 9.17) is 9.47 Å². The van der Waals surface area contributed by atoms with Crippen LogP contribution in [0.25, 0.3) is 0 Å². The molecule has 3 aromatic rings. The van der Waals surface area contributed by atoms with Crippen molar-refractivity contribution in [1.82, 2.24) is 5.32 Å². The normalized spacial score (nSPS) is 15.6. The molecule has 3 aromatic carbocycles. The van der Waals surface area contributed by atoms with Gasteiger partial charge in [-0.2, -0.15) is 5.26 Å². The number of hydrogen-bond donors (Lipinski definition) is 2. The first-order valence-electron chi connectivity index (χ1n) is 11.3. The second-order valence-electron chi connectivity index (χ2n) is 8.49. The number of anilines is 1. The number of ether oxygens (including phenoxy) is 2. The molecule has 0 aromatic heterocycles. The van der Waals surface area contributed by atoms with Crippen LogP contribution in [-0.2, 0) is 11.4 Å². The molecule has 7 heteroatoms. The first-order chi connectivity index (χ1) is 16.9. The maximum absolute atomic E-state index is 12.7. The molecule has 4 rings (SSSR count). The predicted molar refractivity (Wildman–Crippen MR) is 139 cm³/mol. The Hall–Kier alpha value is -3.89. The molecule has 178 valence electrons. The van der Waals surface area contributed by atoms with Gasteiger partial charge in [0.2, 0.25) is 0 Å². The van der Waals surface area contributed by atoms with E-state index in [2.05, 4.69) is 31.8 Å². The van der Waals surface area contributed by atoms with Crippen molar-refractivity contribution in [2.45, 2.75) is 32.5 Å². The number of nitrogens with zero attached hydrogens (tertiary/aromatic N) is 2. The topological polar surface area (TPSA) is 74.6 Å². The Morgan fingerprint density at radius 1 is 1.06 bits per heavy atom. The molecule has 0 radical (unpaired) electrons. The van der Waals surface area contributed by atoms with E-state index >= 15 is 0 Å². The molecule has 0 fully saturated rings. The Bertz CT molecular complexity index is 1280. The summed E-state index contributed by atoms with van der Waals surface area (Å²) in [6, 6.07) is 25.4. The van der Waals surface area contributed by atoms with Gasteiger partial charge in [-0.15, -0.1) is 12.6 Å². The van der Waals surface area contributed by atoms with Gasteiger partial charge in [-0.3, -0.25) is 4.79 Å². The van der Waals surface area contributed by atoms with Gasteiger partial charge in [0.15, 0.2) is 11.5 Å². The number of hydrogen-bond acceptors (Lipinski definition) is 6.